The maximum Gasteiger partial charge on any atom is 0.326 e. The summed E-state index contributed by atoms with van der Waals surface area (Å²) in [4.78, 5) is 22.7. The Morgan fingerprint density at radius 1 is 1.10 bits per heavy atom. The van der Waals surface area contributed by atoms with Crippen LogP contribution in [0.15, 0.2) is 42.2 Å². The fourth-order valence-electron chi connectivity index (χ4n) is 2.44. The molecule has 1 aliphatic rings. The summed E-state index contributed by atoms with van der Waals surface area (Å²) in [5.41, 5.74) is 4.47. The van der Waals surface area contributed by atoms with E-state index in [0.29, 0.717) is 0 Å². The van der Waals surface area contributed by atoms with E-state index in [1.54, 1.807) is 6.08 Å². The van der Waals surface area contributed by atoms with E-state index in [9.17, 15) is 9.59 Å². The van der Waals surface area contributed by atoms with Crippen molar-refractivity contribution in [2.45, 2.75) is 13.8 Å². The SMILES string of the molecule is Cc1ccc(-n2cccc2/C=C2/NC(=O)NC2=O)c(C)c1. The first-order chi connectivity index (χ1) is 10.0. The van der Waals surface area contributed by atoms with E-state index < -0.39 is 11.9 Å². The molecule has 2 heterocycles. The van der Waals surface area contributed by atoms with Crippen LogP contribution in [0.25, 0.3) is 11.8 Å². The predicted octanol–water partition coefficient (Wildman–Crippen LogP) is 2.27. The third-order valence-electron chi connectivity index (χ3n) is 3.40. The largest absolute Gasteiger partial charge is 0.326 e. The third-order valence-corrected chi connectivity index (χ3v) is 3.40. The minimum atomic E-state index is -0.490. The van der Waals surface area contributed by atoms with Crippen molar-refractivity contribution in [3.63, 3.8) is 0 Å². The molecular weight excluding hydrogens is 266 g/mol. The van der Waals surface area contributed by atoms with Gasteiger partial charge in [-0.15, -0.1) is 0 Å². The molecule has 1 fully saturated rings. The average Bonchev–Trinajstić information content (AvgIpc) is 2.97. The Hall–Kier alpha value is -2.82. The number of carbonyl (C=O) groups is 2. The molecule has 1 aromatic carbocycles. The van der Waals surface area contributed by atoms with Crippen LogP contribution in [0.1, 0.15) is 16.8 Å². The molecule has 1 saturated heterocycles. The Morgan fingerprint density at radius 2 is 1.90 bits per heavy atom. The highest BCUT2D eigenvalue weighted by molar-refractivity contribution is 6.13. The topological polar surface area (TPSA) is 63.1 Å². The van der Waals surface area contributed by atoms with Crippen LogP contribution in [0.2, 0.25) is 0 Å². The number of aromatic nitrogens is 1. The molecule has 0 atom stereocenters. The van der Waals surface area contributed by atoms with Gasteiger partial charge in [0.15, 0.2) is 0 Å². The molecule has 0 bridgehead atoms. The van der Waals surface area contributed by atoms with Crippen LogP contribution in [-0.2, 0) is 4.79 Å². The van der Waals surface area contributed by atoms with Crippen LogP contribution < -0.4 is 10.6 Å². The minimum absolute atomic E-state index is 0.254. The zero-order valence-electron chi connectivity index (χ0n) is 11.8. The predicted molar refractivity (Wildman–Crippen MR) is 79.9 cm³/mol. The van der Waals surface area contributed by atoms with Gasteiger partial charge in [-0.2, -0.15) is 0 Å². The van der Waals surface area contributed by atoms with Gasteiger partial charge in [0.05, 0.1) is 0 Å². The Labute approximate surface area is 122 Å². The van der Waals surface area contributed by atoms with Crippen LogP contribution in [0.4, 0.5) is 4.79 Å². The smallest absolute Gasteiger partial charge is 0.317 e. The molecule has 21 heavy (non-hydrogen) atoms. The van der Waals surface area contributed by atoms with Crippen molar-refractivity contribution in [2.75, 3.05) is 0 Å². The van der Waals surface area contributed by atoms with Gasteiger partial charge in [-0.1, -0.05) is 17.7 Å². The molecule has 3 rings (SSSR count). The summed E-state index contributed by atoms with van der Waals surface area (Å²) >= 11 is 0. The first-order valence-corrected chi connectivity index (χ1v) is 6.63. The molecule has 0 unspecified atom stereocenters. The fraction of sp³-hybridized carbons (Fsp3) is 0.125. The summed E-state index contributed by atoms with van der Waals surface area (Å²) in [5.74, 6) is -0.409. The van der Waals surface area contributed by atoms with Gasteiger partial charge in [0, 0.05) is 17.6 Å². The molecule has 5 nitrogen and oxygen atoms in total. The first kappa shape index (κ1) is 13.2. The number of urea groups is 1. The number of hydrogen-bond donors (Lipinski definition) is 2. The Morgan fingerprint density at radius 3 is 2.57 bits per heavy atom. The van der Waals surface area contributed by atoms with Crippen LogP contribution in [-0.4, -0.2) is 16.5 Å². The van der Waals surface area contributed by atoms with Crippen molar-refractivity contribution >= 4 is 18.0 Å². The molecule has 1 aromatic heterocycles. The van der Waals surface area contributed by atoms with E-state index in [1.807, 2.05) is 48.9 Å². The molecule has 2 aromatic rings. The van der Waals surface area contributed by atoms with Crippen molar-refractivity contribution in [1.29, 1.82) is 0 Å². The van der Waals surface area contributed by atoms with E-state index in [2.05, 4.69) is 16.7 Å². The molecule has 2 N–H and O–H groups in total. The summed E-state index contributed by atoms with van der Waals surface area (Å²) in [6, 6.07) is 9.50. The number of benzene rings is 1. The molecular formula is C16H15N3O2. The van der Waals surface area contributed by atoms with Crippen molar-refractivity contribution in [1.82, 2.24) is 15.2 Å². The summed E-state index contributed by atoms with van der Waals surface area (Å²) in [6.07, 6.45) is 3.60. The second kappa shape index (κ2) is 4.94. The zero-order valence-corrected chi connectivity index (χ0v) is 11.8. The number of imide groups is 1. The van der Waals surface area contributed by atoms with Crippen molar-refractivity contribution in [2.24, 2.45) is 0 Å². The summed E-state index contributed by atoms with van der Waals surface area (Å²) in [5, 5.41) is 4.68. The molecule has 106 valence electrons. The van der Waals surface area contributed by atoms with E-state index in [1.165, 1.54) is 5.56 Å². The van der Waals surface area contributed by atoms with Gasteiger partial charge in [0.2, 0.25) is 0 Å². The van der Waals surface area contributed by atoms with Gasteiger partial charge < -0.3 is 9.88 Å². The minimum Gasteiger partial charge on any atom is -0.317 e. The summed E-state index contributed by atoms with van der Waals surface area (Å²) in [7, 11) is 0. The lowest BCUT2D eigenvalue weighted by Gasteiger charge is -2.11. The number of nitrogens with zero attached hydrogens (tertiary/aromatic N) is 1. The van der Waals surface area contributed by atoms with E-state index >= 15 is 0 Å². The van der Waals surface area contributed by atoms with E-state index in [-0.39, 0.29) is 5.70 Å². The monoisotopic (exact) mass is 281 g/mol. The zero-order chi connectivity index (χ0) is 15.0. The average molecular weight is 281 g/mol. The second-order valence-electron chi connectivity index (χ2n) is 5.06. The van der Waals surface area contributed by atoms with Gasteiger partial charge in [-0.05, 0) is 43.7 Å². The third kappa shape index (κ3) is 2.45. The lowest BCUT2D eigenvalue weighted by atomic mass is 10.1. The second-order valence-corrected chi connectivity index (χ2v) is 5.06. The summed E-state index contributed by atoms with van der Waals surface area (Å²) < 4.78 is 1.99. The number of rotatable bonds is 2. The Balaban J connectivity index is 2.04. The van der Waals surface area contributed by atoms with Crippen LogP contribution >= 0.6 is 0 Å². The highest BCUT2D eigenvalue weighted by Crippen LogP contribution is 2.20. The standard InChI is InChI=1S/C16H15N3O2/c1-10-5-6-14(11(2)8-10)19-7-3-4-12(19)9-13-15(20)18-16(21)17-13/h3-9H,1-2H3,(H2,17,18,20,21)/b13-9+. The van der Waals surface area contributed by atoms with Gasteiger partial charge in [-0.3, -0.25) is 10.1 Å². The summed E-state index contributed by atoms with van der Waals surface area (Å²) in [6.45, 7) is 4.09. The lowest BCUT2D eigenvalue weighted by molar-refractivity contribution is -0.115. The molecule has 1 aliphatic heterocycles. The van der Waals surface area contributed by atoms with E-state index in [4.69, 9.17) is 0 Å². The highest BCUT2D eigenvalue weighted by atomic mass is 16.2. The maximum atomic E-state index is 11.6. The first-order valence-electron chi connectivity index (χ1n) is 6.63. The fourth-order valence-corrected chi connectivity index (χ4v) is 2.44. The Kier molecular flexibility index (Phi) is 3.10. The van der Waals surface area contributed by atoms with Crippen LogP contribution in [0.3, 0.4) is 0 Å². The quantitative estimate of drug-likeness (QED) is 0.655. The lowest BCUT2D eigenvalue weighted by Crippen LogP contribution is -2.22. The van der Waals surface area contributed by atoms with Crippen molar-refractivity contribution in [3.8, 4) is 5.69 Å². The van der Waals surface area contributed by atoms with Gasteiger partial charge in [0.25, 0.3) is 5.91 Å². The maximum absolute atomic E-state index is 11.6. The number of nitrogens with one attached hydrogen (secondary N) is 2. The number of hydrogen-bond acceptors (Lipinski definition) is 2. The molecule has 0 radical (unpaired) electrons. The molecule has 0 saturated carbocycles. The van der Waals surface area contributed by atoms with E-state index in [0.717, 1.165) is 16.9 Å². The molecule has 5 heteroatoms. The van der Waals surface area contributed by atoms with Crippen molar-refractivity contribution < 1.29 is 9.59 Å². The van der Waals surface area contributed by atoms with Crippen molar-refractivity contribution in [3.05, 3.63) is 59.0 Å². The molecule has 0 spiro atoms. The van der Waals surface area contributed by atoms with Gasteiger partial charge in [0.1, 0.15) is 5.70 Å². The van der Waals surface area contributed by atoms with Crippen LogP contribution in [0.5, 0.6) is 0 Å². The van der Waals surface area contributed by atoms with Gasteiger partial charge >= 0.3 is 6.03 Å². The van der Waals surface area contributed by atoms with Crippen LogP contribution in [0, 0.1) is 13.8 Å². The Bertz CT molecular complexity index is 772. The highest BCUT2D eigenvalue weighted by Gasteiger charge is 2.23. The van der Waals surface area contributed by atoms with Gasteiger partial charge in [-0.25, -0.2) is 4.79 Å². The molecule has 0 aliphatic carbocycles. The number of carbonyl (C=O) groups excluding carboxylic acids is 2. The number of amides is 3. The normalized spacial score (nSPS) is 16.2. The molecule has 3 amide bonds. The number of aryl methyl sites for hydroxylation is 2.